The van der Waals surface area contributed by atoms with Crippen LogP contribution in [-0.2, 0) is 16.1 Å². The Morgan fingerprint density at radius 2 is 1.86 bits per heavy atom. The molecule has 0 saturated carbocycles. The van der Waals surface area contributed by atoms with Gasteiger partial charge < -0.3 is 15.0 Å². The fourth-order valence-corrected chi connectivity index (χ4v) is 4.00. The van der Waals surface area contributed by atoms with Gasteiger partial charge in [0, 0.05) is 37.9 Å². The molecular weight excluding hydrogens is 368 g/mol. The minimum atomic E-state index is -0.575. The number of carbonyl (C=O) groups is 2. The van der Waals surface area contributed by atoms with Crippen molar-refractivity contribution in [2.45, 2.75) is 77.5 Å². The maximum Gasteiger partial charge on any atom is 0.410 e. The Morgan fingerprint density at radius 1 is 1.14 bits per heavy atom. The molecule has 0 aliphatic carbocycles. The van der Waals surface area contributed by atoms with Crippen LogP contribution in [0.15, 0.2) is 18.3 Å². The smallest absolute Gasteiger partial charge is 0.410 e. The normalized spacial score (nSPS) is 20.3. The summed E-state index contributed by atoms with van der Waals surface area (Å²) in [6.45, 7) is 8.51. The molecule has 3 rings (SSSR count). The molecule has 160 valence electrons. The lowest BCUT2D eigenvalue weighted by Gasteiger charge is -2.36. The van der Waals surface area contributed by atoms with E-state index in [9.17, 15) is 9.59 Å². The summed E-state index contributed by atoms with van der Waals surface area (Å²) in [5.41, 5.74) is 0.441. The summed E-state index contributed by atoms with van der Waals surface area (Å²) < 4.78 is 5.51. The van der Waals surface area contributed by atoms with E-state index < -0.39 is 17.7 Å². The van der Waals surface area contributed by atoms with Crippen molar-refractivity contribution in [3.8, 4) is 0 Å². The van der Waals surface area contributed by atoms with Gasteiger partial charge in [-0.05, 0) is 65.4 Å². The number of pyridine rings is 1. The SMILES string of the molecule is CC(C)(C)OC(=O)N1CCCCC1C(=O)NCc1cccnc1N1CCCCC1. The Labute approximate surface area is 173 Å². The first-order chi connectivity index (χ1) is 13.8. The average molecular weight is 403 g/mol. The number of carbonyl (C=O) groups excluding carboxylic acids is 2. The van der Waals surface area contributed by atoms with Gasteiger partial charge in [0.05, 0.1) is 0 Å². The number of hydrogen-bond acceptors (Lipinski definition) is 5. The number of hydrogen-bond donors (Lipinski definition) is 1. The molecule has 1 atom stereocenters. The highest BCUT2D eigenvalue weighted by Crippen LogP contribution is 2.23. The molecule has 7 nitrogen and oxygen atoms in total. The number of piperidine rings is 2. The van der Waals surface area contributed by atoms with E-state index in [1.807, 2.05) is 32.9 Å². The van der Waals surface area contributed by atoms with E-state index >= 15 is 0 Å². The van der Waals surface area contributed by atoms with Gasteiger partial charge in [0.2, 0.25) is 5.91 Å². The van der Waals surface area contributed by atoms with Crippen LogP contribution in [0.5, 0.6) is 0 Å². The summed E-state index contributed by atoms with van der Waals surface area (Å²) in [4.78, 5) is 34.0. The summed E-state index contributed by atoms with van der Waals surface area (Å²) in [5, 5.41) is 3.04. The third-order valence-corrected chi connectivity index (χ3v) is 5.41. The van der Waals surface area contributed by atoms with Crippen molar-refractivity contribution in [2.75, 3.05) is 24.5 Å². The number of rotatable bonds is 4. The number of nitrogens with zero attached hydrogens (tertiary/aromatic N) is 3. The predicted molar refractivity (Wildman–Crippen MR) is 113 cm³/mol. The van der Waals surface area contributed by atoms with Crippen LogP contribution in [0, 0.1) is 0 Å². The van der Waals surface area contributed by atoms with Crippen LogP contribution < -0.4 is 10.2 Å². The van der Waals surface area contributed by atoms with Crippen molar-refractivity contribution in [1.29, 1.82) is 0 Å². The summed E-state index contributed by atoms with van der Waals surface area (Å²) >= 11 is 0. The molecule has 2 aliphatic heterocycles. The van der Waals surface area contributed by atoms with Crippen LogP contribution in [0.4, 0.5) is 10.6 Å². The molecule has 0 radical (unpaired) electrons. The molecule has 2 amide bonds. The van der Waals surface area contributed by atoms with Gasteiger partial charge in [-0.3, -0.25) is 9.69 Å². The molecule has 7 heteroatoms. The molecule has 1 unspecified atom stereocenters. The summed E-state index contributed by atoms with van der Waals surface area (Å²) in [5.74, 6) is 0.837. The second kappa shape index (κ2) is 9.46. The first-order valence-corrected chi connectivity index (χ1v) is 10.8. The Kier molecular flexibility index (Phi) is 6.98. The molecule has 1 aromatic rings. The van der Waals surface area contributed by atoms with Gasteiger partial charge in [-0.1, -0.05) is 6.07 Å². The predicted octanol–water partition coefficient (Wildman–Crippen LogP) is 3.48. The second-order valence-electron chi connectivity index (χ2n) is 8.94. The van der Waals surface area contributed by atoms with Gasteiger partial charge in [0.25, 0.3) is 0 Å². The maximum atomic E-state index is 12.9. The number of nitrogens with one attached hydrogen (secondary N) is 1. The lowest BCUT2D eigenvalue weighted by atomic mass is 10.0. The van der Waals surface area contributed by atoms with Crippen molar-refractivity contribution in [1.82, 2.24) is 15.2 Å². The van der Waals surface area contributed by atoms with E-state index in [4.69, 9.17) is 4.74 Å². The van der Waals surface area contributed by atoms with E-state index in [1.165, 1.54) is 19.3 Å². The van der Waals surface area contributed by atoms with E-state index in [0.717, 1.165) is 37.3 Å². The van der Waals surface area contributed by atoms with Crippen LogP contribution in [-0.4, -0.2) is 53.2 Å². The van der Waals surface area contributed by atoms with E-state index in [1.54, 1.807) is 11.1 Å². The quantitative estimate of drug-likeness (QED) is 0.835. The van der Waals surface area contributed by atoms with Gasteiger partial charge in [-0.2, -0.15) is 0 Å². The largest absolute Gasteiger partial charge is 0.444 e. The second-order valence-corrected chi connectivity index (χ2v) is 8.94. The lowest BCUT2D eigenvalue weighted by Crippen LogP contribution is -2.53. The summed E-state index contributed by atoms with van der Waals surface area (Å²) in [6.07, 6.45) is 7.50. The van der Waals surface area contributed by atoms with Crippen molar-refractivity contribution < 1.29 is 14.3 Å². The number of aromatic nitrogens is 1. The fraction of sp³-hybridized carbons (Fsp3) is 0.682. The molecule has 0 aromatic carbocycles. The average Bonchev–Trinajstić information content (AvgIpc) is 2.71. The zero-order valence-electron chi connectivity index (χ0n) is 17.9. The molecule has 1 aromatic heterocycles. The van der Waals surface area contributed by atoms with Crippen LogP contribution in [0.1, 0.15) is 64.9 Å². The fourth-order valence-electron chi connectivity index (χ4n) is 4.00. The van der Waals surface area contributed by atoms with Gasteiger partial charge in [0.1, 0.15) is 17.5 Å². The molecule has 0 bridgehead atoms. The van der Waals surface area contributed by atoms with Gasteiger partial charge in [-0.25, -0.2) is 9.78 Å². The molecule has 2 saturated heterocycles. The van der Waals surface area contributed by atoms with E-state index in [2.05, 4.69) is 15.2 Å². The Bertz CT molecular complexity index is 710. The highest BCUT2D eigenvalue weighted by molar-refractivity contribution is 5.86. The van der Waals surface area contributed by atoms with Gasteiger partial charge in [-0.15, -0.1) is 0 Å². The molecule has 2 fully saturated rings. The minimum Gasteiger partial charge on any atom is -0.444 e. The first-order valence-electron chi connectivity index (χ1n) is 10.8. The summed E-state index contributed by atoms with van der Waals surface area (Å²) in [7, 11) is 0. The van der Waals surface area contributed by atoms with Gasteiger partial charge >= 0.3 is 6.09 Å². The first kappa shape index (κ1) is 21.4. The Morgan fingerprint density at radius 3 is 2.59 bits per heavy atom. The van der Waals surface area contributed by atoms with Crippen LogP contribution in [0.2, 0.25) is 0 Å². The van der Waals surface area contributed by atoms with Gasteiger partial charge in [0.15, 0.2) is 0 Å². The zero-order chi connectivity index (χ0) is 20.9. The molecule has 2 aliphatic rings. The highest BCUT2D eigenvalue weighted by atomic mass is 16.6. The Balaban J connectivity index is 1.64. The maximum absolute atomic E-state index is 12.9. The minimum absolute atomic E-state index is 0.121. The third kappa shape index (κ3) is 5.84. The Hall–Kier alpha value is -2.31. The van der Waals surface area contributed by atoms with Crippen molar-refractivity contribution in [3.63, 3.8) is 0 Å². The topological polar surface area (TPSA) is 74.8 Å². The summed E-state index contributed by atoms with van der Waals surface area (Å²) in [6, 6.07) is 3.44. The number of amides is 2. The molecule has 3 heterocycles. The molecular formula is C22H34N4O3. The van der Waals surface area contributed by atoms with Crippen LogP contribution in [0.3, 0.4) is 0 Å². The highest BCUT2D eigenvalue weighted by Gasteiger charge is 2.34. The van der Waals surface area contributed by atoms with Crippen molar-refractivity contribution in [3.05, 3.63) is 23.9 Å². The molecule has 1 N–H and O–H groups in total. The lowest BCUT2D eigenvalue weighted by molar-refractivity contribution is -0.127. The third-order valence-electron chi connectivity index (χ3n) is 5.41. The van der Waals surface area contributed by atoms with Crippen molar-refractivity contribution >= 4 is 17.8 Å². The number of ether oxygens (including phenoxy) is 1. The van der Waals surface area contributed by atoms with Crippen molar-refractivity contribution in [2.24, 2.45) is 0 Å². The molecule has 0 spiro atoms. The van der Waals surface area contributed by atoms with Crippen LogP contribution in [0.25, 0.3) is 0 Å². The molecule has 29 heavy (non-hydrogen) atoms. The standard InChI is InChI=1S/C22H34N4O3/c1-22(2,3)29-21(28)26-15-8-5-11-18(26)20(27)24-16-17-10-9-12-23-19(17)25-13-6-4-7-14-25/h9-10,12,18H,4-8,11,13-16H2,1-3H3,(H,24,27). The zero-order valence-corrected chi connectivity index (χ0v) is 17.9. The van der Waals surface area contributed by atoms with Crippen LogP contribution >= 0.6 is 0 Å². The monoisotopic (exact) mass is 402 g/mol. The number of likely N-dealkylation sites (tertiary alicyclic amines) is 1. The van der Waals surface area contributed by atoms with E-state index in [-0.39, 0.29) is 5.91 Å². The number of anilines is 1. The van der Waals surface area contributed by atoms with E-state index in [0.29, 0.717) is 19.5 Å².